The van der Waals surface area contributed by atoms with E-state index in [0.717, 1.165) is 5.56 Å². The molecule has 8 nitrogen and oxygen atoms in total. The summed E-state index contributed by atoms with van der Waals surface area (Å²) in [5.74, 6) is 0.650. The molecule has 1 heterocycles. The lowest BCUT2D eigenvalue weighted by molar-refractivity contribution is 0.0956. The molecule has 0 saturated heterocycles. The van der Waals surface area contributed by atoms with E-state index in [9.17, 15) is 14.4 Å². The van der Waals surface area contributed by atoms with E-state index < -0.39 is 6.03 Å². The predicted octanol–water partition coefficient (Wildman–Crippen LogP) is 4.66. The Bertz CT molecular complexity index is 1230. The molecule has 162 valence electrons. The number of rotatable bonds is 5. The average Bonchev–Trinajstić information content (AvgIpc) is 3.15. The molecule has 3 N–H and O–H groups in total. The fraction of sp³-hybridized carbons (Fsp3) is 0.130. The van der Waals surface area contributed by atoms with Crippen LogP contribution in [-0.4, -0.2) is 29.8 Å². The summed E-state index contributed by atoms with van der Waals surface area (Å²) in [7, 11) is 1.52. The average molecular weight is 451 g/mol. The highest BCUT2D eigenvalue weighted by molar-refractivity contribution is 6.34. The van der Waals surface area contributed by atoms with Gasteiger partial charge >= 0.3 is 6.03 Å². The number of ether oxygens (including phenoxy) is 1. The lowest BCUT2D eigenvalue weighted by Crippen LogP contribution is -2.19. The molecule has 0 saturated carbocycles. The van der Waals surface area contributed by atoms with E-state index >= 15 is 0 Å². The number of nitrogens with one attached hydrogen (secondary N) is 3. The highest BCUT2D eigenvalue weighted by Gasteiger charge is 2.19. The van der Waals surface area contributed by atoms with Gasteiger partial charge in [-0.25, -0.2) is 4.79 Å². The Morgan fingerprint density at radius 2 is 1.81 bits per heavy atom. The van der Waals surface area contributed by atoms with Crippen molar-refractivity contribution in [3.8, 4) is 11.5 Å². The van der Waals surface area contributed by atoms with E-state index in [1.807, 2.05) is 0 Å². The Kier molecular flexibility index (Phi) is 6.04. The first-order valence-corrected chi connectivity index (χ1v) is 10.2. The molecular weight excluding hydrogens is 432 g/mol. The number of fused-ring (bicyclic) bond motifs is 1. The van der Waals surface area contributed by atoms with E-state index in [2.05, 4.69) is 20.9 Å². The van der Waals surface area contributed by atoms with Crippen molar-refractivity contribution < 1.29 is 19.1 Å². The van der Waals surface area contributed by atoms with Crippen LogP contribution in [0, 0.1) is 0 Å². The quantitative estimate of drug-likeness (QED) is 0.523. The number of hydrogen-bond acceptors (Lipinski definition) is 5. The molecule has 2 aromatic carbocycles. The second-order valence-corrected chi connectivity index (χ2v) is 7.48. The second kappa shape index (κ2) is 9.07. The minimum absolute atomic E-state index is 0.127. The van der Waals surface area contributed by atoms with E-state index in [-0.39, 0.29) is 22.4 Å². The summed E-state index contributed by atoms with van der Waals surface area (Å²) in [6.45, 7) is 0. The fourth-order valence-electron chi connectivity index (χ4n) is 3.34. The maximum atomic E-state index is 12.4. The lowest BCUT2D eigenvalue weighted by Gasteiger charge is -2.12. The van der Waals surface area contributed by atoms with Crippen LogP contribution in [0.4, 0.5) is 16.2 Å². The normalized spacial score (nSPS) is 12.1. The molecule has 1 aliphatic rings. The molecular formula is C23H19ClN4O4. The second-order valence-electron chi connectivity index (χ2n) is 7.07. The summed E-state index contributed by atoms with van der Waals surface area (Å²) in [6, 6.07) is 12.7. The first-order valence-electron chi connectivity index (χ1n) is 9.82. The molecule has 9 heteroatoms. The van der Waals surface area contributed by atoms with Crippen LogP contribution in [0.3, 0.4) is 0 Å². The van der Waals surface area contributed by atoms with Crippen molar-refractivity contribution >= 4 is 40.7 Å². The van der Waals surface area contributed by atoms with Gasteiger partial charge < -0.3 is 20.7 Å². The SMILES string of the molecule is CNC(=O)c1cc(Oc2ccc(NC(=O)Nc3ccc4c(c3)CCC4=O)c(Cl)c2)ccn1. The Hall–Kier alpha value is -3.91. The van der Waals surface area contributed by atoms with Crippen molar-refractivity contribution in [1.82, 2.24) is 10.3 Å². The summed E-state index contributed by atoms with van der Waals surface area (Å²) in [5.41, 5.74) is 2.86. The number of amides is 3. The first-order chi connectivity index (χ1) is 15.4. The Labute approximate surface area is 189 Å². The number of carbonyl (C=O) groups is 3. The molecule has 0 spiro atoms. The van der Waals surface area contributed by atoms with Crippen LogP contribution in [0.25, 0.3) is 0 Å². The number of halogens is 1. The number of urea groups is 1. The molecule has 0 bridgehead atoms. The van der Waals surface area contributed by atoms with Crippen molar-refractivity contribution in [2.24, 2.45) is 0 Å². The number of nitrogens with zero attached hydrogens (tertiary/aromatic N) is 1. The molecule has 32 heavy (non-hydrogen) atoms. The van der Waals surface area contributed by atoms with Crippen LogP contribution in [0.1, 0.15) is 32.8 Å². The third-order valence-electron chi connectivity index (χ3n) is 4.90. The molecule has 0 radical (unpaired) electrons. The molecule has 1 aromatic heterocycles. The van der Waals surface area contributed by atoms with Crippen molar-refractivity contribution in [2.75, 3.05) is 17.7 Å². The Balaban J connectivity index is 1.41. The van der Waals surface area contributed by atoms with Gasteiger partial charge in [-0.2, -0.15) is 0 Å². The number of hydrogen-bond donors (Lipinski definition) is 3. The van der Waals surface area contributed by atoms with Crippen molar-refractivity contribution in [1.29, 1.82) is 0 Å². The molecule has 1 aliphatic carbocycles. The third kappa shape index (κ3) is 4.70. The van der Waals surface area contributed by atoms with Crippen LogP contribution in [0.15, 0.2) is 54.7 Å². The summed E-state index contributed by atoms with van der Waals surface area (Å²) >= 11 is 6.30. The monoisotopic (exact) mass is 450 g/mol. The summed E-state index contributed by atoms with van der Waals surface area (Å²) in [5, 5.41) is 8.21. The van der Waals surface area contributed by atoms with Gasteiger partial charge in [-0.3, -0.25) is 14.6 Å². The van der Waals surface area contributed by atoms with Crippen molar-refractivity contribution in [3.05, 3.63) is 76.6 Å². The smallest absolute Gasteiger partial charge is 0.323 e. The number of carbonyl (C=O) groups excluding carboxylic acids is 3. The van der Waals surface area contributed by atoms with Gasteiger partial charge in [-0.15, -0.1) is 0 Å². The van der Waals surface area contributed by atoms with Gasteiger partial charge in [0, 0.05) is 43.0 Å². The van der Waals surface area contributed by atoms with Gasteiger partial charge in [0.25, 0.3) is 5.91 Å². The van der Waals surface area contributed by atoms with Gasteiger partial charge in [-0.1, -0.05) is 11.6 Å². The van der Waals surface area contributed by atoms with E-state index in [4.69, 9.17) is 16.3 Å². The highest BCUT2D eigenvalue weighted by Crippen LogP contribution is 2.30. The zero-order valence-corrected chi connectivity index (χ0v) is 17.8. The summed E-state index contributed by atoms with van der Waals surface area (Å²) in [4.78, 5) is 39.8. The topological polar surface area (TPSA) is 109 Å². The Morgan fingerprint density at radius 3 is 2.59 bits per heavy atom. The van der Waals surface area contributed by atoms with E-state index in [1.54, 1.807) is 42.5 Å². The van der Waals surface area contributed by atoms with E-state index in [0.29, 0.717) is 41.3 Å². The summed E-state index contributed by atoms with van der Waals surface area (Å²) < 4.78 is 5.74. The zero-order valence-electron chi connectivity index (χ0n) is 17.1. The van der Waals surface area contributed by atoms with Crippen LogP contribution >= 0.6 is 11.6 Å². The van der Waals surface area contributed by atoms with Gasteiger partial charge in [0.05, 0.1) is 10.7 Å². The van der Waals surface area contributed by atoms with Gasteiger partial charge in [0.1, 0.15) is 17.2 Å². The molecule has 0 fully saturated rings. The van der Waals surface area contributed by atoms with Gasteiger partial charge in [0.2, 0.25) is 0 Å². The largest absolute Gasteiger partial charge is 0.457 e. The maximum absolute atomic E-state index is 12.4. The Morgan fingerprint density at radius 1 is 1.00 bits per heavy atom. The standard InChI is InChI=1S/C23H19ClN4O4/c1-25-22(30)20-12-16(8-9-26-20)32-15-4-6-19(18(24)11-15)28-23(31)27-14-3-5-17-13(10-14)2-7-21(17)29/h3-6,8-12H,2,7H2,1H3,(H,25,30)(H2,27,28,31). The summed E-state index contributed by atoms with van der Waals surface area (Å²) in [6.07, 6.45) is 2.65. The van der Waals surface area contributed by atoms with Crippen LogP contribution in [-0.2, 0) is 6.42 Å². The van der Waals surface area contributed by atoms with Crippen molar-refractivity contribution in [3.63, 3.8) is 0 Å². The fourth-order valence-corrected chi connectivity index (χ4v) is 3.56. The third-order valence-corrected chi connectivity index (χ3v) is 5.21. The molecule has 0 aliphatic heterocycles. The molecule has 3 aromatic rings. The number of pyridine rings is 1. The highest BCUT2D eigenvalue weighted by atomic mass is 35.5. The maximum Gasteiger partial charge on any atom is 0.323 e. The van der Waals surface area contributed by atoms with Crippen molar-refractivity contribution in [2.45, 2.75) is 12.8 Å². The minimum atomic E-state index is -0.464. The van der Waals surface area contributed by atoms with E-state index in [1.165, 1.54) is 19.3 Å². The number of aryl methyl sites for hydroxylation is 1. The predicted molar refractivity (Wildman–Crippen MR) is 121 cm³/mol. The first kappa shape index (κ1) is 21.3. The molecule has 4 rings (SSSR count). The zero-order chi connectivity index (χ0) is 22.7. The number of Topliss-reactive ketones (excluding diaryl/α,β-unsaturated/α-hetero) is 1. The molecule has 3 amide bonds. The number of ketones is 1. The lowest BCUT2D eigenvalue weighted by atomic mass is 10.1. The van der Waals surface area contributed by atoms with Crippen LogP contribution in [0.5, 0.6) is 11.5 Å². The van der Waals surface area contributed by atoms with Crippen LogP contribution < -0.4 is 20.7 Å². The van der Waals surface area contributed by atoms with Gasteiger partial charge in [-0.05, 0) is 48.4 Å². The number of benzene rings is 2. The van der Waals surface area contributed by atoms with Crippen LogP contribution in [0.2, 0.25) is 5.02 Å². The molecule has 0 atom stereocenters. The molecule has 0 unspecified atom stereocenters. The number of aromatic nitrogens is 1. The number of anilines is 2. The van der Waals surface area contributed by atoms with Gasteiger partial charge in [0.15, 0.2) is 5.78 Å². The minimum Gasteiger partial charge on any atom is -0.457 e.